The third-order valence-corrected chi connectivity index (χ3v) is 18.8. The summed E-state index contributed by atoms with van der Waals surface area (Å²) in [4.78, 5) is 122. The first-order valence-corrected chi connectivity index (χ1v) is 33.8. The number of ether oxygens (including phenoxy) is 6. The van der Waals surface area contributed by atoms with E-state index in [1.54, 1.807) is 63.2 Å². The summed E-state index contributed by atoms with van der Waals surface area (Å²) >= 11 is 0. The Bertz CT molecular complexity index is 4530. The second-order valence-electron chi connectivity index (χ2n) is 25.8. The number of carbonyl (C=O) groups is 9. The molecule has 24 nitrogen and oxygen atoms in total. The smallest absolute Gasteiger partial charge is 0.255 e. The van der Waals surface area contributed by atoms with Gasteiger partial charge in [-0.05, 0) is 108 Å². The minimum atomic E-state index is -2.05. The van der Waals surface area contributed by atoms with E-state index in [0.29, 0.717) is 135 Å². The van der Waals surface area contributed by atoms with Crippen LogP contribution in [0, 0.1) is 0 Å². The molecule has 102 heavy (non-hydrogen) atoms. The van der Waals surface area contributed by atoms with Crippen LogP contribution in [0.5, 0.6) is 17.2 Å². The Hall–Kier alpha value is -11.0. The van der Waals surface area contributed by atoms with Gasteiger partial charge >= 0.3 is 0 Å². The van der Waals surface area contributed by atoms with Crippen molar-refractivity contribution < 1.29 is 78.5 Å². The Balaban J connectivity index is 0.000000142. The van der Waals surface area contributed by atoms with Crippen molar-refractivity contribution in [3.05, 3.63) is 231 Å². The van der Waals surface area contributed by atoms with Gasteiger partial charge in [0.05, 0.1) is 40.8 Å². The van der Waals surface area contributed by atoms with Crippen LogP contribution in [-0.4, -0.2) is 160 Å². The van der Waals surface area contributed by atoms with Gasteiger partial charge in [0.15, 0.2) is 1.41 Å². The number of carbonyl (C=O) groups excluding carboxylic acids is 9. The maximum atomic E-state index is 13.2. The molecule has 3 N–H and O–H groups in total. The summed E-state index contributed by atoms with van der Waals surface area (Å²) < 4.78 is 75.2. The van der Waals surface area contributed by atoms with Gasteiger partial charge < -0.3 is 73.8 Å². The molecule has 6 aromatic carbocycles. The highest BCUT2D eigenvalue weighted by Crippen LogP contribution is 2.38. The van der Waals surface area contributed by atoms with E-state index in [4.69, 9.17) is 35.3 Å². The molecule has 6 aromatic rings. The highest BCUT2D eigenvalue weighted by molar-refractivity contribution is 6.04. The number of piperidine rings is 3. The van der Waals surface area contributed by atoms with Crippen LogP contribution in [0.3, 0.4) is 0 Å². The van der Waals surface area contributed by atoms with Crippen LogP contribution < -0.4 is 30.2 Å². The number of morpholine rings is 3. The fraction of sp³-hybridized carbons (Fsp3) is 0.346. The Morgan fingerprint density at radius 1 is 0.441 bits per heavy atom. The number of nitrogens with zero attached hydrogens (tertiary/aromatic N) is 6. The standard InChI is InChI=1S/3C26H27N3O5/c3*1-17-5-10-22(25(31)27-17)29-14-21-20(26(29)32)3-2-4-23(21)34-15-19-8-6-18(7-9-19)13-28-11-12-33-16-24(28)30/h3*2-4,6-9,22H,1,5,10-16H2,(H,27,31)/i10D,22D;5D,10D;/hD. The van der Waals surface area contributed by atoms with Gasteiger partial charge in [0.1, 0.15) is 75.0 Å². The van der Waals surface area contributed by atoms with Crippen molar-refractivity contribution in [2.75, 3.05) is 59.3 Å². The maximum absolute atomic E-state index is 13.2. The van der Waals surface area contributed by atoms with Gasteiger partial charge in [-0.3, -0.25) is 43.2 Å². The lowest BCUT2D eigenvalue weighted by atomic mass is 10.0. The molecule has 6 saturated heterocycles. The fourth-order valence-corrected chi connectivity index (χ4v) is 13.2. The second kappa shape index (κ2) is 31.3. The van der Waals surface area contributed by atoms with Crippen molar-refractivity contribution in [3.63, 3.8) is 0 Å². The Labute approximate surface area is 597 Å². The van der Waals surface area contributed by atoms with E-state index in [0.717, 1.165) is 49.2 Å². The summed E-state index contributed by atoms with van der Waals surface area (Å²) in [5, 5.41) is 5.86. The Morgan fingerprint density at radius 3 is 1.24 bits per heavy atom. The molecule has 15 rings (SSSR count). The third-order valence-electron chi connectivity index (χ3n) is 18.8. The molecule has 9 aliphatic heterocycles. The molecular weight excluding hydrogens is 1300 g/mol. The molecule has 6 atom stereocenters. The van der Waals surface area contributed by atoms with Crippen LogP contribution in [0.2, 0.25) is 1.41 Å². The van der Waals surface area contributed by atoms with Crippen LogP contribution in [0.1, 0.15) is 125 Å². The molecule has 0 aliphatic carbocycles. The lowest BCUT2D eigenvalue weighted by Crippen LogP contribution is -2.49. The summed E-state index contributed by atoms with van der Waals surface area (Å²) in [7, 11) is 0. The van der Waals surface area contributed by atoms with E-state index in [9.17, 15) is 43.2 Å². The highest BCUT2D eigenvalue weighted by atomic mass is 16.5. The number of nitrogens with one attached hydrogen (secondary N) is 3. The van der Waals surface area contributed by atoms with Crippen LogP contribution >= 0.6 is 0 Å². The van der Waals surface area contributed by atoms with Gasteiger partial charge in [0.2, 0.25) is 35.4 Å². The normalized spacial score (nSPS) is 24.1. The van der Waals surface area contributed by atoms with Gasteiger partial charge in [-0.1, -0.05) is 111 Å². The predicted octanol–water partition coefficient (Wildman–Crippen LogP) is 7.12. The van der Waals surface area contributed by atoms with Gasteiger partial charge in [-0.2, -0.15) is 0 Å². The number of benzene rings is 6. The van der Waals surface area contributed by atoms with Crippen molar-refractivity contribution in [3.8, 4) is 17.2 Å². The van der Waals surface area contributed by atoms with E-state index < -0.39 is 60.9 Å². The summed E-state index contributed by atoms with van der Waals surface area (Å²) in [6.07, 6.45) is -2.21. The minimum Gasteiger partial charge on any atom is -0.489 e. The lowest BCUT2D eigenvalue weighted by Gasteiger charge is -2.31. The molecule has 24 heteroatoms. The lowest BCUT2D eigenvalue weighted by molar-refractivity contribution is -0.144. The van der Waals surface area contributed by atoms with E-state index in [1.165, 1.54) is 9.80 Å². The van der Waals surface area contributed by atoms with Crippen LogP contribution in [0.4, 0.5) is 0 Å². The van der Waals surface area contributed by atoms with Crippen molar-refractivity contribution >= 4 is 53.2 Å². The summed E-state index contributed by atoms with van der Waals surface area (Å²) in [5.41, 5.74) is 10.2. The van der Waals surface area contributed by atoms with E-state index >= 15 is 0 Å². The Kier molecular flexibility index (Phi) is 19.4. The maximum Gasteiger partial charge on any atom is 0.255 e. The number of hydrogen-bond acceptors (Lipinski definition) is 15. The number of fused-ring (bicyclic) bond motifs is 3. The molecule has 0 spiro atoms. The molecule has 0 saturated carbocycles. The van der Waals surface area contributed by atoms with Gasteiger partial charge in [-0.15, -0.1) is 0 Å². The van der Waals surface area contributed by atoms with E-state index in [1.807, 2.05) is 78.9 Å². The van der Waals surface area contributed by atoms with Crippen molar-refractivity contribution in [1.29, 1.82) is 0 Å². The van der Waals surface area contributed by atoms with Crippen LogP contribution in [0.25, 0.3) is 0 Å². The molecule has 6 unspecified atom stereocenters. The fourth-order valence-electron chi connectivity index (χ4n) is 13.2. The average Bonchev–Trinajstić information content (AvgIpc) is 1.62. The quantitative estimate of drug-likeness (QED) is 0.0774. The molecule has 9 aliphatic rings. The van der Waals surface area contributed by atoms with Crippen molar-refractivity contribution in [2.24, 2.45) is 0 Å². The summed E-state index contributed by atoms with van der Waals surface area (Å²) in [6, 6.07) is 35.4. The zero-order valence-corrected chi connectivity index (χ0v) is 56.2. The van der Waals surface area contributed by atoms with Crippen LogP contribution in [-0.2, 0) is 102 Å². The molecule has 528 valence electrons. The second-order valence-corrected chi connectivity index (χ2v) is 25.8. The highest BCUT2D eigenvalue weighted by Gasteiger charge is 2.43. The number of allylic oxidation sites excluding steroid dienone is 3. The number of hydrogen-bond donors (Lipinski definition) is 3. The van der Waals surface area contributed by atoms with Gasteiger partial charge in [-0.25, -0.2) is 0 Å². The molecular formula is C78H81N9O15. The minimum absolute atomic E-state index is 0.000442. The zero-order chi connectivity index (χ0) is 75.4. The molecule has 9 heterocycles. The first kappa shape index (κ1) is 63.2. The summed E-state index contributed by atoms with van der Waals surface area (Å²) in [6.45, 7) is 17.7. The van der Waals surface area contributed by atoms with E-state index in [-0.39, 0.29) is 94.3 Å². The molecule has 0 radical (unpaired) electrons. The van der Waals surface area contributed by atoms with E-state index in [2.05, 4.69) is 30.4 Å². The van der Waals surface area contributed by atoms with Gasteiger partial charge in [0.25, 0.3) is 17.7 Å². The SMILES string of the molecule is [2H]C1C(=C)NC(=O)C(N2Cc3c(OCc4ccc(CN5CCOCC5=O)cc4)cccc3C2=O)C1[2H].[2H]C1CC(=C)NC(=O)C1([2H])N1Cc2c(OCc3ccc(CN4CCOCC4=O)cc3)cccc2C1=O.[2H]N1C(=C)CCC(N2Cc3c(OCc4ccc(CN5CCOCC5=O)cc4)cccc3C2=O)C1=O. The Morgan fingerprint density at radius 2 is 0.824 bits per heavy atom. The third kappa shape index (κ3) is 15.9. The van der Waals surface area contributed by atoms with Crippen LogP contribution in [0.15, 0.2) is 164 Å². The summed E-state index contributed by atoms with van der Waals surface area (Å²) in [5.74, 6) is -1.06. The average molecular weight is 1390 g/mol. The monoisotopic (exact) mass is 1390 g/mol. The first-order chi connectivity index (χ1) is 51.5. The predicted molar refractivity (Wildman–Crippen MR) is 371 cm³/mol. The topological polar surface area (TPSA) is 265 Å². The van der Waals surface area contributed by atoms with Crippen molar-refractivity contribution in [2.45, 2.75) is 116 Å². The first-order valence-electron chi connectivity index (χ1n) is 36.4. The largest absolute Gasteiger partial charge is 0.489 e. The van der Waals surface area contributed by atoms with Gasteiger partial charge in [0, 0.05) is 93.9 Å². The molecule has 0 aromatic heterocycles. The molecule has 6 fully saturated rings. The number of rotatable bonds is 18. The van der Waals surface area contributed by atoms with Crippen molar-refractivity contribution in [1.82, 2.24) is 45.3 Å². The molecule has 9 amide bonds. The zero-order valence-electron chi connectivity index (χ0n) is 61.2. The number of amides is 9. The molecule has 0 bridgehead atoms.